The van der Waals surface area contributed by atoms with Gasteiger partial charge in [0.2, 0.25) is 0 Å². The standard InChI is InChI=1S/C13H13BrINO3/c1-7-9(13(18)19)4-5-16(7)12(17)10-6-8(14)2-3-11(10)15/h2-3,6-7,9H,4-5H2,1H3,(H,18,19). The first-order valence-electron chi connectivity index (χ1n) is 5.90. The molecule has 2 atom stereocenters. The number of hydrogen-bond donors (Lipinski definition) is 1. The van der Waals surface area contributed by atoms with Gasteiger partial charge in [0.1, 0.15) is 0 Å². The van der Waals surface area contributed by atoms with Crippen LogP contribution in [-0.2, 0) is 4.79 Å². The minimum absolute atomic E-state index is 0.0954. The van der Waals surface area contributed by atoms with E-state index in [0.29, 0.717) is 18.5 Å². The van der Waals surface area contributed by atoms with Crippen LogP contribution in [0.5, 0.6) is 0 Å². The molecule has 2 rings (SSSR count). The predicted molar refractivity (Wildman–Crippen MR) is 83.1 cm³/mol. The SMILES string of the molecule is CC1C(C(=O)O)CCN1C(=O)c1cc(Br)ccc1I. The molecule has 1 amide bonds. The molecule has 102 valence electrons. The maximum atomic E-state index is 12.5. The smallest absolute Gasteiger partial charge is 0.308 e. The van der Waals surface area contributed by atoms with Crippen molar-refractivity contribution < 1.29 is 14.7 Å². The molecule has 19 heavy (non-hydrogen) atoms. The average Bonchev–Trinajstić information content (AvgIpc) is 2.73. The van der Waals surface area contributed by atoms with Crippen LogP contribution in [0, 0.1) is 9.49 Å². The van der Waals surface area contributed by atoms with Gasteiger partial charge < -0.3 is 10.0 Å². The highest BCUT2D eigenvalue weighted by molar-refractivity contribution is 14.1. The topological polar surface area (TPSA) is 57.6 Å². The molecule has 0 saturated carbocycles. The zero-order valence-electron chi connectivity index (χ0n) is 10.3. The highest BCUT2D eigenvalue weighted by Gasteiger charge is 2.38. The number of amides is 1. The summed E-state index contributed by atoms with van der Waals surface area (Å²) in [6.45, 7) is 2.30. The lowest BCUT2D eigenvalue weighted by Crippen LogP contribution is -2.38. The Morgan fingerprint density at radius 2 is 2.16 bits per heavy atom. The van der Waals surface area contributed by atoms with Crippen molar-refractivity contribution in [3.05, 3.63) is 31.8 Å². The van der Waals surface area contributed by atoms with E-state index in [-0.39, 0.29) is 11.9 Å². The molecule has 1 aromatic carbocycles. The van der Waals surface area contributed by atoms with Crippen molar-refractivity contribution in [1.82, 2.24) is 4.90 Å². The molecule has 1 N–H and O–H groups in total. The van der Waals surface area contributed by atoms with Gasteiger partial charge in [-0.15, -0.1) is 0 Å². The van der Waals surface area contributed by atoms with Crippen molar-refractivity contribution >= 4 is 50.4 Å². The van der Waals surface area contributed by atoms with Gasteiger partial charge in [0.15, 0.2) is 0 Å². The predicted octanol–water partition coefficient (Wildman–Crippen LogP) is 2.99. The molecule has 0 bridgehead atoms. The Morgan fingerprint density at radius 1 is 1.47 bits per heavy atom. The fourth-order valence-electron chi connectivity index (χ4n) is 2.37. The second-order valence-electron chi connectivity index (χ2n) is 4.60. The number of aliphatic carboxylic acids is 1. The number of carbonyl (C=O) groups excluding carboxylic acids is 1. The van der Waals surface area contributed by atoms with E-state index in [1.165, 1.54) is 0 Å². The summed E-state index contributed by atoms with van der Waals surface area (Å²) in [5.41, 5.74) is 0.618. The molecule has 1 aromatic rings. The van der Waals surface area contributed by atoms with Gasteiger partial charge in [-0.1, -0.05) is 15.9 Å². The van der Waals surface area contributed by atoms with E-state index < -0.39 is 11.9 Å². The fourth-order valence-corrected chi connectivity index (χ4v) is 3.30. The van der Waals surface area contributed by atoms with Crippen LogP contribution in [0.3, 0.4) is 0 Å². The number of halogens is 2. The molecule has 0 aliphatic carbocycles. The van der Waals surface area contributed by atoms with Crippen LogP contribution >= 0.6 is 38.5 Å². The van der Waals surface area contributed by atoms with Crippen LogP contribution in [0.25, 0.3) is 0 Å². The van der Waals surface area contributed by atoms with Gasteiger partial charge in [-0.25, -0.2) is 0 Å². The van der Waals surface area contributed by atoms with Crippen LogP contribution in [0.1, 0.15) is 23.7 Å². The van der Waals surface area contributed by atoms with Crippen molar-refractivity contribution in [1.29, 1.82) is 0 Å². The highest BCUT2D eigenvalue weighted by Crippen LogP contribution is 2.28. The second-order valence-corrected chi connectivity index (χ2v) is 6.67. The molecular weight excluding hydrogens is 425 g/mol. The quantitative estimate of drug-likeness (QED) is 0.723. The van der Waals surface area contributed by atoms with E-state index in [1.54, 1.807) is 17.9 Å². The Balaban J connectivity index is 2.26. The third-order valence-electron chi connectivity index (χ3n) is 3.49. The minimum atomic E-state index is -0.827. The number of benzene rings is 1. The first kappa shape index (κ1) is 14.8. The van der Waals surface area contributed by atoms with E-state index in [2.05, 4.69) is 38.5 Å². The summed E-state index contributed by atoms with van der Waals surface area (Å²) in [7, 11) is 0. The Morgan fingerprint density at radius 3 is 2.74 bits per heavy atom. The molecule has 1 aliphatic rings. The number of rotatable bonds is 2. The lowest BCUT2D eigenvalue weighted by Gasteiger charge is -2.24. The molecule has 2 unspecified atom stereocenters. The number of nitrogens with zero attached hydrogens (tertiary/aromatic N) is 1. The minimum Gasteiger partial charge on any atom is -0.481 e. The summed E-state index contributed by atoms with van der Waals surface area (Å²) in [4.78, 5) is 25.3. The Bertz CT molecular complexity index is 535. The molecule has 1 fully saturated rings. The lowest BCUT2D eigenvalue weighted by atomic mass is 10.0. The van der Waals surface area contributed by atoms with Crippen molar-refractivity contribution in [3.63, 3.8) is 0 Å². The molecule has 0 radical (unpaired) electrons. The van der Waals surface area contributed by atoms with E-state index in [0.717, 1.165) is 8.04 Å². The van der Waals surface area contributed by atoms with Crippen LogP contribution in [0.4, 0.5) is 0 Å². The van der Waals surface area contributed by atoms with Crippen molar-refractivity contribution in [2.24, 2.45) is 5.92 Å². The van der Waals surface area contributed by atoms with Crippen LogP contribution < -0.4 is 0 Å². The Hall–Kier alpha value is -0.630. The van der Waals surface area contributed by atoms with Gasteiger partial charge in [-0.3, -0.25) is 9.59 Å². The largest absolute Gasteiger partial charge is 0.481 e. The summed E-state index contributed by atoms with van der Waals surface area (Å²) in [6, 6.07) is 5.27. The number of carboxylic acid groups (broad SMARTS) is 1. The summed E-state index contributed by atoms with van der Waals surface area (Å²) in [5.74, 6) is -1.39. The maximum absolute atomic E-state index is 12.5. The molecule has 1 saturated heterocycles. The molecule has 0 spiro atoms. The van der Waals surface area contributed by atoms with Gasteiger partial charge in [0, 0.05) is 20.6 Å². The van der Waals surface area contributed by atoms with E-state index in [1.807, 2.05) is 12.1 Å². The zero-order chi connectivity index (χ0) is 14.2. The Kier molecular flexibility index (Phi) is 4.50. The lowest BCUT2D eigenvalue weighted by molar-refractivity contribution is -0.142. The van der Waals surface area contributed by atoms with E-state index in [9.17, 15) is 9.59 Å². The molecule has 1 heterocycles. The summed E-state index contributed by atoms with van der Waals surface area (Å²) in [6.07, 6.45) is 0.521. The number of likely N-dealkylation sites (tertiary alicyclic amines) is 1. The van der Waals surface area contributed by atoms with Gasteiger partial charge in [0.25, 0.3) is 5.91 Å². The first-order chi connectivity index (χ1) is 8.91. The Labute approximate surface area is 133 Å². The molecular formula is C13H13BrINO3. The zero-order valence-corrected chi connectivity index (χ0v) is 14.0. The van der Waals surface area contributed by atoms with E-state index in [4.69, 9.17) is 5.11 Å². The molecule has 6 heteroatoms. The first-order valence-corrected chi connectivity index (χ1v) is 7.78. The summed E-state index contributed by atoms with van der Waals surface area (Å²) < 4.78 is 1.72. The monoisotopic (exact) mass is 437 g/mol. The maximum Gasteiger partial charge on any atom is 0.308 e. The second kappa shape index (κ2) is 5.78. The van der Waals surface area contributed by atoms with Crippen molar-refractivity contribution in [2.45, 2.75) is 19.4 Å². The summed E-state index contributed by atoms with van der Waals surface area (Å²) in [5, 5.41) is 9.11. The number of hydrogen-bond acceptors (Lipinski definition) is 2. The van der Waals surface area contributed by atoms with Crippen molar-refractivity contribution in [2.75, 3.05) is 6.54 Å². The van der Waals surface area contributed by atoms with Gasteiger partial charge >= 0.3 is 5.97 Å². The van der Waals surface area contributed by atoms with Gasteiger partial charge in [0.05, 0.1) is 11.5 Å². The number of carboxylic acids is 1. The summed E-state index contributed by atoms with van der Waals surface area (Å²) >= 11 is 5.47. The van der Waals surface area contributed by atoms with E-state index >= 15 is 0 Å². The van der Waals surface area contributed by atoms with Crippen LogP contribution in [0.15, 0.2) is 22.7 Å². The third kappa shape index (κ3) is 2.94. The number of carbonyl (C=O) groups is 2. The molecule has 1 aliphatic heterocycles. The third-order valence-corrected chi connectivity index (χ3v) is 4.93. The highest BCUT2D eigenvalue weighted by atomic mass is 127. The van der Waals surface area contributed by atoms with Crippen LogP contribution in [-0.4, -0.2) is 34.5 Å². The normalized spacial score (nSPS) is 22.6. The molecule has 4 nitrogen and oxygen atoms in total. The molecule has 0 aromatic heterocycles. The van der Waals surface area contributed by atoms with Crippen LogP contribution in [0.2, 0.25) is 0 Å². The average molecular weight is 438 g/mol. The van der Waals surface area contributed by atoms with Gasteiger partial charge in [-0.2, -0.15) is 0 Å². The van der Waals surface area contributed by atoms with Crippen molar-refractivity contribution in [3.8, 4) is 0 Å². The van der Waals surface area contributed by atoms with Gasteiger partial charge in [-0.05, 0) is 54.1 Å². The fraction of sp³-hybridized carbons (Fsp3) is 0.385.